The lowest BCUT2D eigenvalue weighted by Crippen LogP contribution is -2.37. The summed E-state index contributed by atoms with van der Waals surface area (Å²) in [6, 6.07) is 4.79. The largest absolute Gasteiger partial charge is 0.387 e. The second-order valence-corrected chi connectivity index (χ2v) is 4.93. The normalized spacial score (nSPS) is 13.9. The molecule has 0 heterocycles. The molecule has 0 aliphatic rings. The van der Waals surface area contributed by atoms with Crippen molar-refractivity contribution in [2.75, 3.05) is 13.2 Å². The van der Waals surface area contributed by atoms with Crippen molar-refractivity contribution < 1.29 is 14.6 Å². The van der Waals surface area contributed by atoms with Gasteiger partial charge >= 0.3 is 0 Å². The number of carbonyl (C=O) groups excluding carboxylic acids is 1. The first kappa shape index (κ1) is 16.2. The molecule has 0 saturated carbocycles. The Morgan fingerprint density at radius 2 is 1.95 bits per heavy atom. The highest BCUT2D eigenvalue weighted by Crippen LogP contribution is 2.23. The first-order valence-electron chi connectivity index (χ1n) is 5.97. The second-order valence-electron chi connectivity index (χ2n) is 4.06. The predicted octanol–water partition coefficient (Wildman–Crippen LogP) is 2.57. The summed E-state index contributed by atoms with van der Waals surface area (Å²) in [5.41, 5.74) is 0.557. The Morgan fingerprint density at radius 1 is 1.37 bits per heavy atom. The molecule has 0 aliphatic carbocycles. The lowest BCUT2D eigenvalue weighted by atomic mass is 10.1. The van der Waals surface area contributed by atoms with E-state index in [1.54, 1.807) is 25.1 Å². The maximum atomic E-state index is 11.6. The Bertz CT molecular complexity index is 420. The molecule has 2 N–H and O–H groups in total. The molecule has 0 saturated heterocycles. The van der Waals surface area contributed by atoms with Crippen LogP contribution >= 0.6 is 23.2 Å². The van der Waals surface area contributed by atoms with Gasteiger partial charge in [0, 0.05) is 23.2 Å². The molecule has 19 heavy (non-hydrogen) atoms. The highest BCUT2D eigenvalue weighted by atomic mass is 35.5. The molecule has 0 aliphatic heterocycles. The van der Waals surface area contributed by atoms with Crippen LogP contribution in [-0.4, -0.2) is 30.3 Å². The van der Waals surface area contributed by atoms with Crippen LogP contribution in [0.2, 0.25) is 10.0 Å². The summed E-state index contributed by atoms with van der Waals surface area (Å²) in [7, 11) is 0. The van der Waals surface area contributed by atoms with Gasteiger partial charge in [-0.05, 0) is 37.6 Å². The van der Waals surface area contributed by atoms with Crippen LogP contribution in [0.1, 0.15) is 25.5 Å². The van der Waals surface area contributed by atoms with Gasteiger partial charge in [0.25, 0.3) is 0 Å². The first-order valence-corrected chi connectivity index (χ1v) is 6.73. The van der Waals surface area contributed by atoms with Crippen molar-refractivity contribution in [1.29, 1.82) is 0 Å². The van der Waals surface area contributed by atoms with E-state index < -0.39 is 12.2 Å². The van der Waals surface area contributed by atoms with Gasteiger partial charge in [0.1, 0.15) is 6.10 Å². The van der Waals surface area contributed by atoms with E-state index in [2.05, 4.69) is 5.32 Å². The van der Waals surface area contributed by atoms with Gasteiger partial charge in [-0.3, -0.25) is 4.79 Å². The lowest BCUT2D eigenvalue weighted by molar-refractivity contribution is -0.131. The fourth-order valence-electron chi connectivity index (χ4n) is 1.55. The van der Waals surface area contributed by atoms with Crippen molar-refractivity contribution in [3.63, 3.8) is 0 Å². The topological polar surface area (TPSA) is 58.6 Å². The third kappa shape index (κ3) is 5.37. The molecule has 0 spiro atoms. The van der Waals surface area contributed by atoms with Gasteiger partial charge in [0.05, 0.1) is 6.10 Å². The summed E-state index contributed by atoms with van der Waals surface area (Å²) in [5, 5.41) is 13.4. The Balaban J connectivity index is 2.55. The minimum absolute atomic E-state index is 0.0763. The molecule has 0 aromatic heterocycles. The molecule has 1 rings (SSSR count). The Kier molecular flexibility index (Phi) is 6.58. The first-order chi connectivity index (χ1) is 8.93. The molecule has 2 atom stereocenters. The molecule has 6 heteroatoms. The summed E-state index contributed by atoms with van der Waals surface area (Å²) in [4.78, 5) is 11.6. The van der Waals surface area contributed by atoms with Gasteiger partial charge < -0.3 is 15.2 Å². The standard InChI is InChI=1S/C13H17Cl2NO3/c1-3-19-8(2)13(18)16-7-12(17)9-4-10(14)6-11(15)5-9/h4-6,8,12,17H,3,7H2,1-2H3,(H,16,18). The van der Waals surface area contributed by atoms with Crippen LogP contribution in [-0.2, 0) is 9.53 Å². The van der Waals surface area contributed by atoms with E-state index in [9.17, 15) is 9.90 Å². The van der Waals surface area contributed by atoms with Gasteiger partial charge in [-0.15, -0.1) is 0 Å². The van der Waals surface area contributed by atoms with Crippen molar-refractivity contribution >= 4 is 29.1 Å². The number of hydrogen-bond donors (Lipinski definition) is 2. The van der Waals surface area contributed by atoms with Gasteiger partial charge in [0.2, 0.25) is 5.91 Å². The van der Waals surface area contributed by atoms with E-state index in [1.165, 1.54) is 0 Å². The van der Waals surface area contributed by atoms with Crippen molar-refractivity contribution in [2.24, 2.45) is 0 Å². The number of hydrogen-bond acceptors (Lipinski definition) is 3. The van der Waals surface area contributed by atoms with E-state index >= 15 is 0 Å². The monoisotopic (exact) mass is 305 g/mol. The molecule has 106 valence electrons. The molecule has 1 amide bonds. The molecule has 0 radical (unpaired) electrons. The number of ether oxygens (including phenoxy) is 1. The number of amides is 1. The third-order valence-corrected chi connectivity index (χ3v) is 2.96. The third-order valence-electron chi connectivity index (χ3n) is 2.53. The van der Waals surface area contributed by atoms with Crippen LogP contribution in [0.5, 0.6) is 0 Å². The van der Waals surface area contributed by atoms with Crippen molar-refractivity contribution in [1.82, 2.24) is 5.32 Å². The van der Waals surface area contributed by atoms with Gasteiger partial charge in [0.15, 0.2) is 0 Å². The minimum Gasteiger partial charge on any atom is -0.387 e. The molecule has 0 fully saturated rings. The minimum atomic E-state index is -0.867. The maximum absolute atomic E-state index is 11.6. The number of halogens is 2. The Morgan fingerprint density at radius 3 is 2.47 bits per heavy atom. The zero-order chi connectivity index (χ0) is 14.4. The molecule has 1 aromatic carbocycles. The summed E-state index contributed by atoms with van der Waals surface area (Å²) in [6.07, 6.45) is -1.41. The predicted molar refractivity (Wildman–Crippen MR) is 75.5 cm³/mol. The summed E-state index contributed by atoms with van der Waals surface area (Å²) < 4.78 is 5.14. The number of carbonyl (C=O) groups is 1. The summed E-state index contributed by atoms with van der Waals surface area (Å²) in [5.74, 6) is -0.269. The average molecular weight is 306 g/mol. The fourth-order valence-corrected chi connectivity index (χ4v) is 2.10. The quantitative estimate of drug-likeness (QED) is 0.849. The van der Waals surface area contributed by atoms with Crippen molar-refractivity contribution in [2.45, 2.75) is 26.1 Å². The molecule has 4 nitrogen and oxygen atoms in total. The average Bonchev–Trinajstić information content (AvgIpc) is 2.34. The van der Waals surface area contributed by atoms with Gasteiger partial charge in [-0.1, -0.05) is 23.2 Å². The van der Waals surface area contributed by atoms with E-state index in [1.807, 2.05) is 6.92 Å². The van der Waals surface area contributed by atoms with Crippen LogP contribution in [0.4, 0.5) is 0 Å². The molecule has 1 aromatic rings. The maximum Gasteiger partial charge on any atom is 0.248 e. The number of aliphatic hydroxyl groups excluding tert-OH is 1. The zero-order valence-electron chi connectivity index (χ0n) is 10.8. The van der Waals surface area contributed by atoms with Crippen LogP contribution in [0.15, 0.2) is 18.2 Å². The van der Waals surface area contributed by atoms with E-state index in [0.29, 0.717) is 22.2 Å². The number of aliphatic hydroxyl groups is 1. The van der Waals surface area contributed by atoms with E-state index in [-0.39, 0.29) is 12.5 Å². The second kappa shape index (κ2) is 7.70. The van der Waals surface area contributed by atoms with Crippen LogP contribution in [0.3, 0.4) is 0 Å². The number of benzene rings is 1. The Labute approximate surface area is 122 Å². The SMILES string of the molecule is CCOC(C)C(=O)NCC(O)c1cc(Cl)cc(Cl)c1. The Hall–Kier alpha value is -0.810. The summed E-state index contributed by atoms with van der Waals surface area (Å²) >= 11 is 11.7. The van der Waals surface area contributed by atoms with Crippen LogP contribution in [0, 0.1) is 0 Å². The molecular weight excluding hydrogens is 289 g/mol. The number of rotatable bonds is 6. The smallest absolute Gasteiger partial charge is 0.248 e. The molecule has 0 bridgehead atoms. The molecular formula is C13H17Cl2NO3. The van der Waals surface area contributed by atoms with E-state index in [4.69, 9.17) is 27.9 Å². The summed E-state index contributed by atoms with van der Waals surface area (Å²) in [6.45, 7) is 4.00. The molecule has 2 unspecified atom stereocenters. The van der Waals surface area contributed by atoms with Gasteiger partial charge in [-0.2, -0.15) is 0 Å². The number of nitrogens with one attached hydrogen (secondary N) is 1. The highest BCUT2D eigenvalue weighted by molar-refractivity contribution is 6.34. The van der Waals surface area contributed by atoms with Crippen LogP contribution < -0.4 is 5.32 Å². The van der Waals surface area contributed by atoms with E-state index in [0.717, 1.165) is 0 Å². The van der Waals surface area contributed by atoms with Crippen molar-refractivity contribution in [3.8, 4) is 0 Å². The van der Waals surface area contributed by atoms with Crippen molar-refractivity contribution in [3.05, 3.63) is 33.8 Å². The highest BCUT2D eigenvalue weighted by Gasteiger charge is 2.15. The van der Waals surface area contributed by atoms with Gasteiger partial charge in [-0.25, -0.2) is 0 Å². The van der Waals surface area contributed by atoms with Crippen LogP contribution in [0.25, 0.3) is 0 Å². The fraction of sp³-hybridized carbons (Fsp3) is 0.462. The zero-order valence-corrected chi connectivity index (χ0v) is 12.3. The lowest BCUT2D eigenvalue weighted by Gasteiger charge is -2.16.